The fourth-order valence-electron chi connectivity index (χ4n) is 2.00. The molecule has 2 rings (SSSR count). The number of alkyl halides is 3. The van der Waals surface area contributed by atoms with Crippen LogP contribution in [0.1, 0.15) is 17.9 Å². The summed E-state index contributed by atoms with van der Waals surface area (Å²) in [4.78, 5) is 11.0. The summed E-state index contributed by atoms with van der Waals surface area (Å²) in [6.07, 6.45) is 0. The first-order chi connectivity index (χ1) is 8.93. The lowest BCUT2D eigenvalue weighted by molar-refractivity contribution is -0.142. The van der Waals surface area contributed by atoms with E-state index in [9.17, 15) is 4.79 Å². The quantitative estimate of drug-likeness (QED) is 0.603. The van der Waals surface area contributed by atoms with Crippen molar-refractivity contribution in [2.24, 2.45) is 5.92 Å². The van der Waals surface area contributed by atoms with E-state index in [2.05, 4.69) is 0 Å². The third kappa shape index (κ3) is 3.33. The van der Waals surface area contributed by atoms with E-state index >= 15 is 0 Å². The van der Waals surface area contributed by atoms with E-state index in [0.717, 1.165) is 5.56 Å². The summed E-state index contributed by atoms with van der Waals surface area (Å²) in [5.41, 5.74) is 0.382. The lowest BCUT2D eigenvalue weighted by Gasteiger charge is -2.29. The second kappa shape index (κ2) is 6.13. The van der Waals surface area contributed by atoms with Gasteiger partial charge in [0.25, 0.3) is 0 Å². The molecule has 1 unspecified atom stereocenters. The standard InChI is InChI=1S/C13H13Cl3O2S/c1-8(17)18-12-13(15,16)10(7-19-12)11(14)9-5-3-2-4-6-9/h2-6,10-12H,7H2,1H3/t10-,11?,12+/m0/s1. The van der Waals surface area contributed by atoms with Gasteiger partial charge in [0.05, 0.1) is 5.38 Å². The molecule has 6 heteroatoms. The van der Waals surface area contributed by atoms with E-state index in [1.165, 1.54) is 18.7 Å². The van der Waals surface area contributed by atoms with Crippen LogP contribution < -0.4 is 0 Å². The molecule has 0 N–H and O–H groups in total. The van der Waals surface area contributed by atoms with Crippen molar-refractivity contribution in [1.29, 1.82) is 0 Å². The number of hydrogen-bond donors (Lipinski definition) is 0. The summed E-state index contributed by atoms with van der Waals surface area (Å²) >= 11 is 20.6. The van der Waals surface area contributed by atoms with Gasteiger partial charge >= 0.3 is 5.97 Å². The highest BCUT2D eigenvalue weighted by molar-refractivity contribution is 8.00. The SMILES string of the molecule is CC(=O)O[C@@H]1SC[C@@H](C(Cl)c2ccccc2)C1(Cl)Cl. The van der Waals surface area contributed by atoms with Crippen molar-refractivity contribution in [2.75, 3.05) is 5.75 Å². The van der Waals surface area contributed by atoms with Gasteiger partial charge in [-0.3, -0.25) is 4.79 Å². The summed E-state index contributed by atoms with van der Waals surface area (Å²) in [5, 5.41) is -0.316. The predicted molar refractivity (Wildman–Crippen MR) is 81.0 cm³/mol. The largest absolute Gasteiger partial charge is 0.448 e. The topological polar surface area (TPSA) is 26.3 Å². The lowest BCUT2D eigenvalue weighted by Crippen LogP contribution is -2.35. The van der Waals surface area contributed by atoms with Gasteiger partial charge in [0.15, 0.2) is 9.77 Å². The molecule has 19 heavy (non-hydrogen) atoms. The van der Waals surface area contributed by atoms with Gasteiger partial charge in [0, 0.05) is 18.6 Å². The minimum Gasteiger partial charge on any atom is -0.448 e. The number of hydrogen-bond acceptors (Lipinski definition) is 3. The molecule has 0 bridgehead atoms. The monoisotopic (exact) mass is 338 g/mol. The van der Waals surface area contributed by atoms with E-state index in [4.69, 9.17) is 39.5 Å². The first-order valence-corrected chi connectivity index (χ1v) is 8.02. The number of carbonyl (C=O) groups excluding carboxylic acids is 1. The normalized spacial score (nSPS) is 26.9. The Morgan fingerprint density at radius 1 is 1.42 bits per heavy atom. The molecule has 2 nitrogen and oxygen atoms in total. The highest BCUT2D eigenvalue weighted by Gasteiger charge is 2.53. The van der Waals surface area contributed by atoms with Crippen LogP contribution in [0.15, 0.2) is 30.3 Å². The molecule has 1 saturated heterocycles. The first kappa shape index (κ1) is 15.3. The van der Waals surface area contributed by atoms with E-state index in [-0.39, 0.29) is 11.3 Å². The average molecular weight is 340 g/mol. The molecule has 0 amide bonds. The van der Waals surface area contributed by atoms with Gasteiger partial charge < -0.3 is 4.74 Å². The third-order valence-electron chi connectivity index (χ3n) is 2.98. The number of benzene rings is 1. The average Bonchev–Trinajstić information content (AvgIpc) is 2.65. The van der Waals surface area contributed by atoms with E-state index in [1.54, 1.807) is 0 Å². The molecule has 1 aromatic carbocycles. The zero-order valence-electron chi connectivity index (χ0n) is 10.2. The fraction of sp³-hybridized carbons (Fsp3) is 0.462. The zero-order valence-corrected chi connectivity index (χ0v) is 13.3. The Hall–Kier alpha value is -0.0900. The first-order valence-electron chi connectivity index (χ1n) is 5.78. The predicted octanol–water partition coefficient (Wildman–Crippen LogP) is 4.39. The van der Waals surface area contributed by atoms with Gasteiger partial charge in [-0.2, -0.15) is 0 Å². The number of rotatable bonds is 3. The van der Waals surface area contributed by atoms with Crippen molar-refractivity contribution >= 4 is 52.5 Å². The van der Waals surface area contributed by atoms with Crippen molar-refractivity contribution in [3.63, 3.8) is 0 Å². The molecule has 0 spiro atoms. The number of halogens is 3. The lowest BCUT2D eigenvalue weighted by atomic mass is 9.97. The van der Waals surface area contributed by atoms with Crippen LogP contribution in [-0.2, 0) is 9.53 Å². The molecule has 3 atom stereocenters. The molecule has 0 saturated carbocycles. The third-order valence-corrected chi connectivity index (χ3v) is 6.07. The molecule has 0 aliphatic carbocycles. The Morgan fingerprint density at radius 2 is 2.05 bits per heavy atom. The van der Waals surface area contributed by atoms with Crippen molar-refractivity contribution in [1.82, 2.24) is 0 Å². The van der Waals surface area contributed by atoms with Crippen molar-refractivity contribution < 1.29 is 9.53 Å². The molecule has 0 radical (unpaired) electrons. The Balaban J connectivity index is 2.16. The molecule has 104 valence electrons. The van der Waals surface area contributed by atoms with Gasteiger partial charge in [-0.25, -0.2) is 0 Å². The summed E-state index contributed by atoms with van der Waals surface area (Å²) < 4.78 is 3.96. The molecule has 0 aromatic heterocycles. The summed E-state index contributed by atoms with van der Waals surface area (Å²) in [6.45, 7) is 1.34. The number of thioether (sulfide) groups is 1. The van der Waals surface area contributed by atoms with Gasteiger partial charge in [-0.05, 0) is 5.56 Å². The Morgan fingerprint density at radius 3 is 2.63 bits per heavy atom. The minimum atomic E-state index is -1.18. The number of esters is 1. The Bertz CT molecular complexity index is 452. The van der Waals surface area contributed by atoms with Gasteiger partial charge in [-0.1, -0.05) is 53.5 Å². The molecule has 1 aliphatic rings. The fourth-order valence-corrected chi connectivity index (χ4v) is 5.16. The van der Waals surface area contributed by atoms with E-state index in [1.807, 2.05) is 30.3 Å². The van der Waals surface area contributed by atoms with Crippen LogP contribution in [0.3, 0.4) is 0 Å². The van der Waals surface area contributed by atoms with Crippen LogP contribution in [0.25, 0.3) is 0 Å². The molecule has 1 fully saturated rings. The van der Waals surface area contributed by atoms with Crippen molar-refractivity contribution in [2.45, 2.75) is 22.1 Å². The van der Waals surface area contributed by atoms with Crippen LogP contribution in [0, 0.1) is 5.92 Å². The van der Waals surface area contributed by atoms with Gasteiger partial charge in [-0.15, -0.1) is 23.4 Å². The number of carbonyl (C=O) groups is 1. The molecular weight excluding hydrogens is 327 g/mol. The maximum absolute atomic E-state index is 11.0. The van der Waals surface area contributed by atoms with Crippen LogP contribution in [-0.4, -0.2) is 21.5 Å². The second-order valence-electron chi connectivity index (χ2n) is 4.37. The smallest absolute Gasteiger partial charge is 0.303 e. The Kier molecular flexibility index (Phi) is 4.93. The highest BCUT2D eigenvalue weighted by Crippen LogP contribution is 2.54. The maximum Gasteiger partial charge on any atom is 0.303 e. The number of ether oxygens (including phenoxy) is 1. The van der Waals surface area contributed by atoms with Crippen LogP contribution in [0.4, 0.5) is 0 Å². The maximum atomic E-state index is 11.0. The van der Waals surface area contributed by atoms with Crippen molar-refractivity contribution in [3.8, 4) is 0 Å². The summed E-state index contributed by atoms with van der Waals surface area (Å²) in [5.74, 6) is 0.0671. The molecule has 1 aromatic rings. The summed E-state index contributed by atoms with van der Waals surface area (Å²) in [7, 11) is 0. The van der Waals surface area contributed by atoms with Gasteiger partial charge in [0.1, 0.15) is 0 Å². The highest BCUT2D eigenvalue weighted by atomic mass is 35.5. The molecule has 1 aliphatic heterocycles. The zero-order chi connectivity index (χ0) is 14.0. The van der Waals surface area contributed by atoms with E-state index < -0.39 is 15.7 Å². The Labute approximate surface area is 131 Å². The summed E-state index contributed by atoms with van der Waals surface area (Å²) in [6, 6.07) is 9.63. The molecule has 1 heterocycles. The van der Waals surface area contributed by atoms with Gasteiger partial charge in [0.2, 0.25) is 0 Å². The minimum absolute atomic E-state index is 0.186. The van der Waals surface area contributed by atoms with Crippen LogP contribution in [0.5, 0.6) is 0 Å². The van der Waals surface area contributed by atoms with Crippen LogP contribution in [0.2, 0.25) is 0 Å². The van der Waals surface area contributed by atoms with Crippen LogP contribution >= 0.6 is 46.6 Å². The molecular formula is C13H13Cl3O2S. The van der Waals surface area contributed by atoms with Crippen molar-refractivity contribution in [3.05, 3.63) is 35.9 Å². The second-order valence-corrected chi connectivity index (χ2v) is 7.38. The van der Waals surface area contributed by atoms with E-state index in [0.29, 0.717) is 5.75 Å².